The van der Waals surface area contributed by atoms with E-state index in [-0.39, 0.29) is 17.9 Å². The first-order valence-electron chi connectivity index (χ1n) is 6.71. The van der Waals surface area contributed by atoms with Gasteiger partial charge in [-0.1, -0.05) is 35.0 Å². The summed E-state index contributed by atoms with van der Waals surface area (Å²) < 4.78 is 0.971. The second kappa shape index (κ2) is 6.16. The number of likely N-dealkylation sites (tertiary alicyclic amines) is 1. The molecule has 1 aliphatic rings. The molecule has 2 rings (SSSR count). The van der Waals surface area contributed by atoms with Crippen molar-refractivity contribution in [1.82, 2.24) is 4.90 Å². The molecule has 0 bridgehead atoms. The Balaban J connectivity index is 2.05. The molecule has 19 heavy (non-hydrogen) atoms. The third kappa shape index (κ3) is 3.44. The minimum atomic E-state index is -0.325. The molecule has 3 nitrogen and oxygen atoms in total. The van der Waals surface area contributed by atoms with E-state index in [0.29, 0.717) is 12.5 Å². The Hall–Kier alpha value is -0.710. The molecule has 0 amide bonds. The lowest BCUT2D eigenvalue weighted by Gasteiger charge is -2.37. The zero-order valence-electron chi connectivity index (χ0n) is 11.3. The standard InChI is InChI=1S/C15H20BrNO2/c1-10-7-8-17(9-14(10)18)11(2)15(19)12-3-5-13(16)6-4-12/h3-6,10-11,14,18H,7-9H2,1-2H3. The van der Waals surface area contributed by atoms with Crippen molar-refractivity contribution in [2.24, 2.45) is 5.92 Å². The maximum absolute atomic E-state index is 12.4. The van der Waals surface area contributed by atoms with Crippen molar-refractivity contribution in [1.29, 1.82) is 0 Å². The number of rotatable bonds is 3. The predicted molar refractivity (Wildman–Crippen MR) is 79.3 cm³/mol. The van der Waals surface area contributed by atoms with Crippen LogP contribution in [0, 0.1) is 5.92 Å². The quantitative estimate of drug-likeness (QED) is 0.869. The highest BCUT2D eigenvalue weighted by molar-refractivity contribution is 9.10. The molecule has 0 saturated carbocycles. The topological polar surface area (TPSA) is 40.5 Å². The highest BCUT2D eigenvalue weighted by Gasteiger charge is 2.30. The summed E-state index contributed by atoms with van der Waals surface area (Å²) in [5, 5.41) is 9.93. The molecule has 4 heteroatoms. The van der Waals surface area contributed by atoms with Crippen LogP contribution in [0.5, 0.6) is 0 Å². The summed E-state index contributed by atoms with van der Waals surface area (Å²) >= 11 is 3.37. The van der Waals surface area contributed by atoms with E-state index in [0.717, 1.165) is 23.0 Å². The number of Topliss-reactive ketones (excluding diaryl/α,β-unsaturated/α-hetero) is 1. The van der Waals surface area contributed by atoms with Crippen LogP contribution in [0.1, 0.15) is 30.6 Å². The van der Waals surface area contributed by atoms with E-state index < -0.39 is 0 Å². The van der Waals surface area contributed by atoms with Crippen LogP contribution in [0.25, 0.3) is 0 Å². The van der Waals surface area contributed by atoms with E-state index >= 15 is 0 Å². The summed E-state index contributed by atoms with van der Waals surface area (Å²) in [7, 11) is 0. The van der Waals surface area contributed by atoms with Crippen molar-refractivity contribution in [2.45, 2.75) is 32.4 Å². The van der Waals surface area contributed by atoms with Crippen LogP contribution >= 0.6 is 15.9 Å². The molecule has 1 heterocycles. The number of piperidine rings is 1. The molecule has 3 unspecified atom stereocenters. The number of benzene rings is 1. The summed E-state index contributed by atoms with van der Waals surface area (Å²) in [4.78, 5) is 14.5. The minimum absolute atomic E-state index is 0.120. The van der Waals surface area contributed by atoms with Crippen molar-refractivity contribution in [3.05, 3.63) is 34.3 Å². The zero-order chi connectivity index (χ0) is 14.0. The average molecular weight is 326 g/mol. The van der Waals surface area contributed by atoms with Crippen molar-refractivity contribution in [3.63, 3.8) is 0 Å². The first-order valence-corrected chi connectivity index (χ1v) is 7.50. The number of hydrogen-bond donors (Lipinski definition) is 1. The van der Waals surface area contributed by atoms with Gasteiger partial charge in [0.05, 0.1) is 12.1 Å². The Morgan fingerprint density at radius 2 is 2.05 bits per heavy atom. The van der Waals surface area contributed by atoms with Gasteiger partial charge in [-0.25, -0.2) is 0 Å². The molecule has 1 aromatic rings. The molecule has 0 aliphatic carbocycles. The first-order chi connectivity index (χ1) is 8.99. The van der Waals surface area contributed by atoms with Crippen LogP contribution in [-0.2, 0) is 0 Å². The Morgan fingerprint density at radius 1 is 1.42 bits per heavy atom. The van der Waals surface area contributed by atoms with Crippen LogP contribution in [0.3, 0.4) is 0 Å². The number of β-amino-alcohol motifs (C(OH)–C–C–N with tert-alkyl or cyclic N) is 1. The summed E-state index contributed by atoms with van der Waals surface area (Å²) in [6.07, 6.45) is 0.618. The van der Waals surface area contributed by atoms with Gasteiger partial charge in [-0.3, -0.25) is 9.69 Å². The molecule has 104 valence electrons. The summed E-state index contributed by atoms with van der Waals surface area (Å²) in [6.45, 7) is 5.45. The largest absolute Gasteiger partial charge is 0.392 e. The molecule has 1 aromatic carbocycles. The average Bonchev–Trinajstić information content (AvgIpc) is 2.41. The second-order valence-electron chi connectivity index (χ2n) is 5.38. The fourth-order valence-corrected chi connectivity index (χ4v) is 2.71. The van der Waals surface area contributed by atoms with E-state index in [1.54, 1.807) is 0 Å². The Morgan fingerprint density at radius 3 is 2.63 bits per heavy atom. The van der Waals surface area contributed by atoms with Gasteiger partial charge in [0.15, 0.2) is 5.78 Å². The van der Waals surface area contributed by atoms with Crippen LogP contribution < -0.4 is 0 Å². The molecule has 3 atom stereocenters. The van der Waals surface area contributed by atoms with E-state index in [4.69, 9.17) is 0 Å². The Labute approximate surface area is 122 Å². The lowest BCUT2D eigenvalue weighted by atomic mass is 9.93. The van der Waals surface area contributed by atoms with Gasteiger partial charge in [0, 0.05) is 16.6 Å². The fourth-order valence-electron chi connectivity index (χ4n) is 2.45. The predicted octanol–water partition coefficient (Wildman–Crippen LogP) is 2.72. The molecular formula is C15H20BrNO2. The van der Waals surface area contributed by atoms with Crippen LogP contribution in [0.2, 0.25) is 0 Å². The van der Waals surface area contributed by atoms with Crippen molar-refractivity contribution in [2.75, 3.05) is 13.1 Å². The number of carbonyl (C=O) groups is 1. The van der Waals surface area contributed by atoms with Crippen molar-refractivity contribution in [3.8, 4) is 0 Å². The van der Waals surface area contributed by atoms with Crippen molar-refractivity contribution >= 4 is 21.7 Å². The highest BCUT2D eigenvalue weighted by atomic mass is 79.9. The molecule has 1 fully saturated rings. The summed E-state index contributed by atoms with van der Waals surface area (Å²) in [5.74, 6) is 0.445. The summed E-state index contributed by atoms with van der Waals surface area (Å²) in [6, 6.07) is 7.26. The Kier molecular flexibility index (Phi) is 4.76. The van der Waals surface area contributed by atoms with E-state index in [2.05, 4.69) is 27.8 Å². The van der Waals surface area contributed by atoms with Gasteiger partial charge in [0.2, 0.25) is 0 Å². The molecule has 1 N–H and O–H groups in total. The molecular weight excluding hydrogens is 306 g/mol. The summed E-state index contributed by atoms with van der Waals surface area (Å²) in [5.41, 5.74) is 0.726. The minimum Gasteiger partial charge on any atom is -0.392 e. The van der Waals surface area contributed by atoms with E-state index in [1.807, 2.05) is 31.2 Å². The van der Waals surface area contributed by atoms with Gasteiger partial charge < -0.3 is 5.11 Å². The molecule has 0 spiro atoms. The SMILES string of the molecule is CC1CCN(C(C)C(=O)c2ccc(Br)cc2)CC1O. The van der Waals surface area contributed by atoms with Crippen LogP contribution in [0.4, 0.5) is 0 Å². The third-order valence-electron chi connectivity index (χ3n) is 4.01. The number of hydrogen-bond acceptors (Lipinski definition) is 3. The van der Waals surface area contributed by atoms with Gasteiger partial charge in [0.1, 0.15) is 0 Å². The molecule has 1 saturated heterocycles. The van der Waals surface area contributed by atoms with Crippen LogP contribution in [0.15, 0.2) is 28.7 Å². The van der Waals surface area contributed by atoms with E-state index in [1.165, 1.54) is 0 Å². The maximum Gasteiger partial charge on any atom is 0.179 e. The Bertz CT molecular complexity index is 446. The number of aliphatic hydroxyl groups excluding tert-OH is 1. The van der Waals surface area contributed by atoms with Gasteiger partial charge >= 0.3 is 0 Å². The zero-order valence-corrected chi connectivity index (χ0v) is 12.9. The van der Waals surface area contributed by atoms with Gasteiger partial charge in [0.25, 0.3) is 0 Å². The van der Waals surface area contributed by atoms with Crippen LogP contribution in [-0.4, -0.2) is 41.0 Å². The first kappa shape index (κ1) is 14.7. The number of nitrogens with zero attached hydrogens (tertiary/aromatic N) is 1. The maximum atomic E-state index is 12.4. The molecule has 0 aromatic heterocycles. The smallest absolute Gasteiger partial charge is 0.179 e. The van der Waals surface area contributed by atoms with E-state index in [9.17, 15) is 9.90 Å². The van der Waals surface area contributed by atoms with Gasteiger partial charge in [-0.2, -0.15) is 0 Å². The molecule has 1 aliphatic heterocycles. The second-order valence-corrected chi connectivity index (χ2v) is 6.29. The third-order valence-corrected chi connectivity index (χ3v) is 4.53. The lowest BCUT2D eigenvalue weighted by Crippen LogP contribution is -2.49. The fraction of sp³-hybridized carbons (Fsp3) is 0.533. The number of ketones is 1. The monoisotopic (exact) mass is 325 g/mol. The number of carbonyl (C=O) groups excluding carboxylic acids is 1. The lowest BCUT2D eigenvalue weighted by molar-refractivity contribution is 0.0146. The van der Waals surface area contributed by atoms with Crippen molar-refractivity contribution < 1.29 is 9.90 Å². The highest BCUT2D eigenvalue weighted by Crippen LogP contribution is 2.21. The molecule has 0 radical (unpaired) electrons. The number of aliphatic hydroxyl groups is 1. The number of halogens is 1. The van der Waals surface area contributed by atoms with Gasteiger partial charge in [-0.15, -0.1) is 0 Å². The van der Waals surface area contributed by atoms with Gasteiger partial charge in [-0.05, 0) is 37.9 Å². The normalized spacial score (nSPS) is 26.1.